The van der Waals surface area contributed by atoms with Gasteiger partial charge in [-0.25, -0.2) is 8.78 Å². The Kier molecular flexibility index (Phi) is 7.02. The van der Waals surface area contributed by atoms with E-state index in [4.69, 9.17) is 16.7 Å². The van der Waals surface area contributed by atoms with Gasteiger partial charge in [-0.05, 0) is 36.8 Å². The first kappa shape index (κ1) is 20.4. The van der Waals surface area contributed by atoms with Gasteiger partial charge < -0.3 is 10.4 Å². The van der Waals surface area contributed by atoms with Crippen LogP contribution in [0.1, 0.15) is 18.4 Å². The van der Waals surface area contributed by atoms with Crippen molar-refractivity contribution >= 4 is 29.9 Å². The highest BCUT2D eigenvalue weighted by atomic mass is 35.5. The van der Waals surface area contributed by atoms with Crippen LogP contribution in [0.25, 0.3) is 0 Å². The largest absolute Gasteiger partial charge is 0.395 e. The van der Waals surface area contributed by atoms with Gasteiger partial charge in [-0.15, -0.1) is 12.4 Å². The molecule has 0 radical (unpaired) electrons. The molecule has 1 saturated heterocycles. The third-order valence-electron chi connectivity index (χ3n) is 4.91. The summed E-state index contributed by atoms with van der Waals surface area (Å²) in [7, 11) is 0. The third kappa shape index (κ3) is 4.82. The molecule has 1 aliphatic heterocycles. The molecule has 1 heterocycles. The molecule has 4 nitrogen and oxygen atoms in total. The zero-order chi connectivity index (χ0) is 17.3. The van der Waals surface area contributed by atoms with Crippen molar-refractivity contribution in [2.75, 3.05) is 26.2 Å². The number of hydrogen-bond donors (Lipinski definition) is 2. The number of nitrogens with one attached hydrogen (secondary N) is 1. The molecule has 0 bridgehead atoms. The van der Waals surface area contributed by atoms with E-state index < -0.39 is 17.5 Å². The van der Waals surface area contributed by atoms with Crippen LogP contribution in [-0.4, -0.2) is 48.2 Å². The molecule has 1 aromatic carbocycles. The van der Waals surface area contributed by atoms with E-state index in [0.717, 1.165) is 31.5 Å². The first-order valence-electron chi connectivity index (χ1n) is 8.24. The molecule has 1 saturated carbocycles. The molecule has 140 valence electrons. The van der Waals surface area contributed by atoms with Crippen LogP contribution in [0.15, 0.2) is 12.1 Å². The summed E-state index contributed by atoms with van der Waals surface area (Å²) in [5.41, 5.74) is -0.298. The van der Waals surface area contributed by atoms with E-state index in [1.807, 2.05) is 0 Å². The second-order valence-electron chi connectivity index (χ2n) is 6.66. The number of halogens is 4. The molecule has 1 aromatic rings. The van der Waals surface area contributed by atoms with Gasteiger partial charge in [0.2, 0.25) is 5.91 Å². The summed E-state index contributed by atoms with van der Waals surface area (Å²) >= 11 is 5.66. The number of carbonyl (C=O) groups is 1. The molecule has 25 heavy (non-hydrogen) atoms. The topological polar surface area (TPSA) is 52.6 Å². The van der Waals surface area contributed by atoms with Gasteiger partial charge in [0, 0.05) is 31.2 Å². The summed E-state index contributed by atoms with van der Waals surface area (Å²) in [6, 6.07) is 2.17. The van der Waals surface area contributed by atoms with Crippen molar-refractivity contribution in [2.45, 2.75) is 25.3 Å². The van der Waals surface area contributed by atoms with Crippen molar-refractivity contribution in [3.63, 3.8) is 0 Å². The molecule has 0 spiro atoms. The zero-order valence-electron chi connectivity index (χ0n) is 13.7. The molecule has 0 aromatic heterocycles. The standard InChI is InChI=1S/C17H21ClF2N2O2.ClH/c18-13-3-4-14(19)11(17(13)20)7-16(24)21-15-9-22(5-6-23)8-12(15)10-1-2-10;/h3-4,10,12,15,23H,1-2,5-9H2,(H,21,24);1H/t12-,15+;/m1./s1. The molecular weight excluding hydrogens is 373 g/mol. The van der Waals surface area contributed by atoms with Crippen molar-refractivity contribution in [1.29, 1.82) is 0 Å². The van der Waals surface area contributed by atoms with Crippen LogP contribution in [-0.2, 0) is 11.2 Å². The molecule has 3 rings (SSSR count). The summed E-state index contributed by atoms with van der Waals surface area (Å²) in [6.45, 7) is 2.16. The molecule has 8 heteroatoms. The first-order chi connectivity index (χ1) is 11.5. The Morgan fingerprint density at radius 2 is 2.04 bits per heavy atom. The lowest BCUT2D eigenvalue weighted by molar-refractivity contribution is -0.121. The molecule has 2 aliphatic rings. The van der Waals surface area contributed by atoms with Gasteiger partial charge in [-0.2, -0.15) is 0 Å². The lowest BCUT2D eigenvalue weighted by Gasteiger charge is -2.19. The third-order valence-corrected chi connectivity index (χ3v) is 5.20. The Balaban J connectivity index is 0.00000225. The van der Waals surface area contributed by atoms with E-state index in [9.17, 15) is 13.6 Å². The Hall–Kier alpha value is -0.950. The zero-order valence-corrected chi connectivity index (χ0v) is 15.3. The van der Waals surface area contributed by atoms with Crippen LogP contribution < -0.4 is 5.32 Å². The molecule has 2 N–H and O–H groups in total. The fraction of sp³-hybridized carbons (Fsp3) is 0.588. The van der Waals surface area contributed by atoms with Crippen molar-refractivity contribution < 1.29 is 18.7 Å². The van der Waals surface area contributed by atoms with Crippen molar-refractivity contribution in [3.05, 3.63) is 34.4 Å². The maximum atomic E-state index is 13.9. The van der Waals surface area contributed by atoms with Crippen LogP contribution in [0.4, 0.5) is 8.78 Å². The number of carbonyl (C=O) groups excluding carboxylic acids is 1. The van der Waals surface area contributed by atoms with Crippen LogP contribution in [0, 0.1) is 23.5 Å². The number of amides is 1. The Morgan fingerprint density at radius 1 is 1.32 bits per heavy atom. The van der Waals surface area contributed by atoms with Crippen molar-refractivity contribution in [3.8, 4) is 0 Å². The SMILES string of the molecule is Cl.O=C(Cc1c(F)ccc(Cl)c1F)N[C@H]1CN(CCO)C[C@@H]1C1CC1. The van der Waals surface area contributed by atoms with Gasteiger partial charge in [0.1, 0.15) is 11.6 Å². The van der Waals surface area contributed by atoms with E-state index in [1.165, 1.54) is 0 Å². The number of nitrogens with zero attached hydrogens (tertiary/aromatic N) is 1. The molecule has 1 amide bonds. The Bertz CT molecular complexity index is 629. The molecular formula is C17H22Cl2F2N2O2. The quantitative estimate of drug-likeness (QED) is 0.728. The minimum atomic E-state index is -0.876. The number of hydrogen-bond acceptors (Lipinski definition) is 3. The van der Waals surface area contributed by atoms with E-state index in [0.29, 0.717) is 24.9 Å². The average Bonchev–Trinajstić information content (AvgIpc) is 3.31. The number of likely N-dealkylation sites (tertiary alicyclic amines) is 1. The van der Waals surface area contributed by atoms with Crippen molar-refractivity contribution in [1.82, 2.24) is 10.2 Å². The van der Waals surface area contributed by atoms with E-state index in [2.05, 4.69) is 10.2 Å². The van der Waals surface area contributed by atoms with E-state index in [1.54, 1.807) is 0 Å². The van der Waals surface area contributed by atoms with Crippen LogP contribution in [0.5, 0.6) is 0 Å². The van der Waals surface area contributed by atoms with Crippen LogP contribution >= 0.6 is 24.0 Å². The summed E-state index contributed by atoms with van der Waals surface area (Å²) in [5, 5.41) is 11.8. The normalized spacial score (nSPS) is 23.4. The highest BCUT2D eigenvalue weighted by Crippen LogP contribution is 2.41. The van der Waals surface area contributed by atoms with E-state index in [-0.39, 0.29) is 42.1 Å². The fourth-order valence-electron chi connectivity index (χ4n) is 3.54. The minimum absolute atomic E-state index is 0. The monoisotopic (exact) mass is 394 g/mol. The Morgan fingerprint density at radius 3 is 2.68 bits per heavy atom. The molecule has 1 aliphatic carbocycles. The smallest absolute Gasteiger partial charge is 0.224 e. The number of β-amino-alcohol motifs (C(OH)–C–C–N with tert-alkyl or cyclic N) is 1. The second kappa shape index (κ2) is 8.62. The molecule has 2 atom stereocenters. The average molecular weight is 395 g/mol. The first-order valence-corrected chi connectivity index (χ1v) is 8.62. The predicted octanol–water partition coefficient (Wildman–Crippen LogP) is 2.40. The predicted molar refractivity (Wildman–Crippen MR) is 94.0 cm³/mol. The van der Waals surface area contributed by atoms with Crippen molar-refractivity contribution in [2.24, 2.45) is 11.8 Å². The molecule has 0 unspecified atom stereocenters. The summed E-state index contributed by atoms with van der Waals surface area (Å²) < 4.78 is 27.7. The highest BCUT2D eigenvalue weighted by Gasteiger charge is 2.42. The lowest BCUT2D eigenvalue weighted by Crippen LogP contribution is -2.42. The van der Waals surface area contributed by atoms with Gasteiger partial charge in [0.25, 0.3) is 0 Å². The summed E-state index contributed by atoms with van der Waals surface area (Å²) in [5.74, 6) is -1.11. The number of aliphatic hydroxyl groups excluding tert-OH is 1. The van der Waals surface area contributed by atoms with Gasteiger partial charge in [0.05, 0.1) is 18.1 Å². The lowest BCUT2D eigenvalue weighted by atomic mass is 9.97. The van der Waals surface area contributed by atoms with Crippen LogP contribution in [0.2, 0.25) is 5.02 Å². The van der Waals surface area contributed by atoms with Crippen LogP contribution in [0.3, 0.4) is 0 Å². The van der Waals surface area contributed by atoms with Gasteiger partial charge in [-0.3, -0.25) is 9.69 Å². The fourth-order valence-corrected chi connectivity index (χ4v) is 3.72. The van der Waals surface area contributed by atoms with Gasteiger partial charge >= 0.3 is 0 Å². The summed E-state index contributed by atoms with van der Waals surface area (Å²) in [6.07, 6.45) is 1.94. The maximum Gasteiger partial charge on any atom is 0.224 e. The number of aliphatic hydroxyl groups is 1. The highest BCUT2D eigenvalue weighted by molar-refractivity contribution is 6.30. The second-order valence-corrected chi connectivity index (χ2v) is 7.06. The maximum absolute atomic E-state index is 13.9. The number of rotatable bonds is 6. The summed E-state index contributed by atoms with van der Waals surface area (Å²) in [4.78, 5) is 14.4. The van der Waals surface area contributed by atoms with Gasteiger partial charge in [0.15, 0.2) is 0 Å². The van der Waals surface area contributed by atoms with E-state index >= 15 is 0 Å². The Labute approximate surface area is 156 Å². The van der Waals surface area contributed by atoms with Gasteiger partial charge in [-0.1, -0.05) is 11.6 Å². The minimum Gasteiger partial charge on any atom is -0.395 e. The molecule has 2 fully saturated rings. The number of benzene rings is 1.